The van der Waals surface area contributed by atoms with Gasteiger partial charge in [-0.05, 0) is 18.2 Å². The van der Waals surface area contributed by atoms with Crippen LogP contribution in [0.1, 0.15) is 10.4 Å². The number of carbonyl (C=O) groups excluding carboxylic acids is 2. The van der Waals surface area contributed by atoms with E-state index in [1.165, 1.54) is 12.1 Å². The second kappa shape index (κ2) is 5.17. The standard InChI is InChI=1S/C11H13N3O4/c1-14(2)6-3-4-8(7(5-6)9(12)15)13-10(16)11(17)18/h3-5H,1-2H3,(H2,12,15)(H,13,16)(H,17,18). The lowest BCUT2D eigenvalue weighted by Crippen LogP contribution is -2.24. The van der Waals surface area contributed by atoms with Crippen LogP contribution in [0.2, 0.25) is 0 Å². The topological polar surface area (TPSA) is 113 Å². The molecule has 0 unspecified atom stereocenters. The number of carbonyl (C=O) groups is 3. The highest BCUT2D eigenvalue weighted by atomic mass is 16.4. The maximum absolute atomic E-state index is 11.3. The van der Waals surface area contributed by atoms with Crippen LogP contribution in [-0.2, 0) is 9.59 Å². The number of hydrogen-bond donors (Lipinski definition) is 3. The number of hydrogen-bond acceptors (Lipinski definition) is 4. The van der Waals surface area contributed by atoms with Gasteiger partial charge in [-0.3, -0.25) is 9.59 Å². The fourth-order valence-corrected chi connectivity index (χ4v) is 1.30. The quantitative estimate of drug-likeness (QED) is 0.648. The molecule has 0 aliphatic heterocycles. The van der Waals surface area contributed by atoms with Crippen molar-refractivity contribution in [2.75, 3.05) is 24.3 Å². The molecule has 0 fully saturated rings. The van der Waals surface area contributed by atoms with Gasteiger partial charge in [0.2, 0.25) is 0 Å². The van der Waals surface area contributed by atoms with Gasteiger partial charge >= 0.3 is 11.9 Å². The van der Waals surface area contributed by atoms with Crippen molar-refractivity contribution in [1.29, 1.82) is 0 Å². The largest absolute Gasteiger partial charge is 0.474 e. The molecule has 1 rings (SSSR count). The van der Waals surface area contributed by atoms with Crippen molar-refractivity contribution in [2.24, 2.45) is 5.73 Å². The third-order valence-corrected chi connectivity index (χ3v) is 2.23. The van der Waals surface area contributed by atoms with Crippen molar-refractivity contribution >= 4 is 29.2 Å². The van der Waals surface area contributed by atoms with Gasteiger partial charge in [0.1, 0.15) is 0 Å². The highest BCUT2D eigenvalue weighted by Gasteiger charge is 2.16. The van der Waals surface area contributed by atoms with Gasteiger partial charge in [-0.15, -0.1) is 0 Å². The summed E-state index contributed by atoms with van der Waals surface area (Å²) in [5.74, 6) is -3.61. The number of aliphatic carboxylic acids is 1. The second-order valence-electron chi connectivity index (χ2n) is 3.75. The normalized spacial score (nSPS) is 9.67. The van der Waals surface area contributed by atoms with Gasteiger partial charge in [0.25, 0.3) is 5.91 Å². The fraction of sp³-hybridized carbons (Fsp3) is 0.182. The predicted molar refractivity (Wildman–Crippen MR) is 65.6 cm³/mol. The maximum atomic E-state index is 11.3. The first-order valence-corrected chi connectivity index (χ1v) is 4.98. The van der Waals surface area contributed by atoms with Gasteiger partial charge in [-0.1, -0.05) is 0 Å². The van der Waals surface area contributed by atoms with E-state index < -0.39 is 17.8 Å². The summed E-state index contributed by atoms with van der Waals surface area (Å²) in [6, 6.07) is 4.53. The average molecular weight is 251 g/mol. The summed E-state index contributed by atoms with van der Waals surface area (Å²) < 4.78 is 0. The monoisotopic (exact) mass is 251 g/mol. The molecule has 0 atom stereocenters. The Bertz CT molecular complexity index is 511. The van der Waals surface area contributed by atoms with Crippen LogP contribution < -0.4 is 16.0 Å². The first-order valence-electron chi connectivity index (χ1n) is 4.98. The van der Waals surface area contributed by atoms with E-state index in [4.69, 9.17) is 10.8 Å². The molecule has 0 bridgehead atoms. The minimum absolute atomic E-state index is 0.0517. The molecule has 0 aliphatic rings. The number of amides is 2. The van der Waals surface area contributed by atoms with E-state index in [0.29, 0.717) is 5.69 Å². The first-order chi connectivity index (χ1) is 8.32. The molecule has 0 aliphatic carbocycles. The molecular formula is C11H13N3O4. The van der Waals surface area contributed by atoms with Crippen molar-refractivity contribution in [2.45, 2.75) is 0 Å². The SMILES string of the molecule is CN(C)c1ccc(NC(=O)C(=O)O)c(C(N)=O)c1. The lowest BCUT2D eigenvalue weighted by molar-refractivity contribution is -0.147. The van der Waals surface area contributed by atoms with Crippen LogP contribution in [0.15, 0.2) is 18.2 Å². The summed E-state index contributed by atoms with van der Waals surface area (Å²) in [5, 5.41) is 10.6. The average Bonchev–Trinajstić information content (AvgIpc) is 2.28. The zero-order chi connectivity index (χ0) is 13.9. The molecule has 18 heavy (non-hydrogen) atoms. The summed E-state index contributed by atoms with van der Waals surface area (Å²) >= 11 is 0. The van der Waals surface area contributed by atoms with Crippen LogP contribution >= 0.6 is 0 Å². The number of primary amides is 1. The summed E-state index contributed by atoms with van der Waals surface area (Å²) in [5.41, 5.74) is 6.01. The Kier molecular flexibility index (Phi) is 3.88. The molecule has 1 aromatic carbocycles. The number of nitrogens with one attached hydrogen (secondary N) is 1. The molecule has 0 spiro atoms. The van der Waals surface area contributed by atoms with E-state index in [1.807, 2.05) is 0 Å². The van der Waals surface area contributed by atoms with Crippen LogP contribution in [0.3, 0.4) is 0 Å². The number of benzene rings is 1. The van der Waals surface area contributed by atoms with Crippen LogP contribution in [0.25, 0.3) is 0 Å². The van der Waals surface area contributed by atoms with Gasteiger partial charge in [0.05, 0.1) is 11.3 Å². The molecule has 2 amide bonds. The van der Waals surface area contributed by atoms with E-state index >= 15 is 0 Å². The molecule has 7 nitrogen and oxygen atoms in total. The summed E-state index contributed by atoms with van der Waals surface area (Å²) in [6.45, 7) is 0. The highest BCUT2D eigenvalue weighted by molar-refractivity contribution is 6.36. The number of carboxylic acid groups (broad SMARTS) is 1. The number of nitrogens with two attached hydrogens (primary N) is 1. The molecule has 4 N–H and O–H groups in total. The Morgan fingerprint density at radius 2 is 1.89 bits per heavy atom. The van der Waals surface area contributed by atoms with Crippen LogP contribution in [-0.4, -0.2) is 37.0 Å². The fourth-order valence-electron chi connectivity index (χ4n) is 1.30. The van der Waals surface area contributed by atoms with Gasteiger partial charge in [-0.2, -0.15) is 0 Å². The Morgan fingerprint density at radius 3 is 2.33 bits per heavy atom. The minimum Gasteiger partial charge on any atom is -0.474 e. The molecule has 96 valence electrons. The van der Waals surface area contributed by atoms with Gasteiger partial charge < -0.3 is 21.1 Å². The van der Waals surface area contributed by atoms with Crippen molar-refractivity contribution in [3.05, 3.63) is 23.8 Å². The van der Waals surface area contributed by atoms with E-state index in [2.05, 4.69) is 5.32 Å². The third-order valence-electron chi connectivity index (χ3n) is 2.23. The number of anilines is 2. The Hall–Kier alpha value is -2.57. The third kappa shape index (κ3) is 2.97. The Balaban J connectivity index is 3.16. The minimum atomic E-state index is -1.64. The first kappa shape index (κ1) is 13.5. The zero-order valence-electron chi connectivity index (χ0n) is 9.93. The molecule has 1 aromatic rings. The van der Waals surface area contributed by atoms with Crippen LogP contribution in [0, 0.1) is 0 Å². The predicted octanol–water partition coefficient (Wildman–Crippen LogP) is -0.125. The highest BCUT2D eigenvalue weighted by Crippen LogP contribution is 2.21. The Labute approximate surface area is 103 Å². The smallest absolute Gasteiger partial charge is 0.394 e. The lowest BCUT2D eigenvalue weighted by Gasteiger charge is -2.15. The molecule has 0 aromatic heterocycles. The van der Waals surface area contributed by atoms with Crippen molar-refractivity contribution in [1.82, 2.24) is 0 Å². The number of carboxylic acids is 1. The zero-order valence-corrected chi connectivity index (χ0v) is 9.93. The van der Waals surface area contributed by atoms with Crippen LogP contribution in [0.4, 0.5) is 11.4 Å². The van der Waals surface area contributed by atoms with Gasteiger partial charge in [-0.25, -0.2) is 4.79 Å². The van der Waals surface area contributed by atoms with E-state index in [0.717, 1.165) is 0 Å². The number of rotatable bonds is 3. The van der Waals surface area contributed by atoms with Crippen molar-refractivity contribution in [3.63, 3.8) is 0 Å². The van der Waals surface area contributed by atoms with Crippen molar-refractivity contribution in [3.8, 4) is 0 Å². The van der Waals surface area contributed by atoms with Gasteiger partial charge in [0, 0.05) is 19.8 Å². The summed E-state index contributed by atoms with van der Waals surface area (Å²) in [6.07, 6.45) is 0. The number of nitrogens with zero attached hydrogens (tertiary/aromatic N) is 1. The maximum Gasteiger partial charge on any atom is 0.394 e. The van der Waals surface area contributed by atoms with Gasteiger partial charge in [0.15, 0.2) is 0 Å². The van der Waals surface area contributed by atoms with E-state index in [1.54, 1.807) is 25.1 Å². The summed E-state index contributed by atoms with van der Waals surface area (Å²) in [4.78, 5) is 34.5. The molecule has 0 saturated heterocycles. The van der Waals surface area contributed by atoms with Crippen molar-refractivity contribution < 1.29 is 19.5 Å². The lowest BCUT2D eigenvalue weighted by atomic mass is 10.1. The molecule has 0 saturated carbocycles. The van der Waals surface area contributed by atoms with E-state index in [-0.39, 0.29) is 11.3 Å². The molecular weight excluding hydrogens is 238 g/mol. The van der Waals surface area contributed by atoms with E-state index in [9.17, 15) is 14.4 Å². The summed E-state index contributed by atoms with van der Waals surface area (Å²) in [7, 11) is 3.55. The Morgan fingerprint density at radius 1 is 1.28 bits per heavy atom. The molecule has 0 radical (unpaired) electrons. The molecule has 0 heterocycles. The molecule has 7 heteroatoms. The van der Waals surface area contributed by atoms with Crippen LogP contribution in [0.5, 0.6) is 0 Å². The second-order valence-corrected chi connectivity index (χ2v) is 3.75.